The van der Waals surface area contributed by atoms with Crippen LogP contribution in [0.25, 0.3) is 90.9 Å². The van der Waals surface area contributed by atoms with Crippen LogP contribution in [0.4, 0.5) is 0 Å². The van der Waals surface area contributed by atoms with Gasteiger partial charge in [-0.1, -0.05) is 146 Å². The molecule has 4 aromatic carbocycles. The van der Waals surface area contributed by atoms with Crippen molar-refractivity contribution in [2.75, 3.05) is 0 Å². The number of allylic oxidation sites excluding steroid dienone is 2. The van der Waals surface area contributed by atoms with E-state index in [9.17, 15) is 4.79 Å². The first-order valence-corrected chi connectivity index (χ1v) is 18.1. The van der Waals surface area contributed by atoms with Gasteiger partial charge in [0.2, 0.25) is 0 Å². The molecule has 0 atom stereocenters. The Balaban J connectivity index is 0.000000552. The molecular formula is C49H36N4O2Tm-2. The van der Waals surface area contributed by atoms with Crippen LogP contribution >= 0.6 is 0 Å². The first-order valence-electron chi connectivity index (χ1n) is 18.1. The molecule has 56 heavy (non-hydrogen) atoms. The number of nitrogens with zero attached hydrogens (tertiary/aromatic N) is 4. The second kappa shape index (κ2) is 17.2. The molecule has 7 aromatic rings. The van der Waals surface area contributed by atoms with Gasteiger partial charge >= 0.3 is 0 Å². The minimum atomic E-state index is -0.125. The predicted molar refractivity (Wildman–Crippen MR) is 226 cm³/mol. The Morgan fingerprint density at radius 2 is 0.696 bits per heavy atom. The maximum atomic E-state index is 10.0. The maximum Gasteiger partial charge on any atom is 0.155 e. The van der Waals surface area contributed by atoms with Gasteiger partial charge in [0.15, 0.2) is 5.78 Å². The van der Waals surface area contributed by atoms with Crippen LogP contribution in [0.1, 0.15) is 36.6 Å². The van der Waals surface area contributed by atoms with E-state index in [-0.39, 0.29) is 48.4 Å². The number of hydrogen-bond donors (Lipinski definition) is 1. The average molecular weight is 882 g/mol. The molecule has 0 aliphatic carbocycles. The third-order valence-electron chi connectivity index (χ3n) is 9.27. The number of ketones is 1. The molecule has 8 bridgehead atoms. The summed E-state index contributed by atoms with van der Waals surface area (Å²) in [5.41, 5.74) is 15.0. The molecule has 0 fully saturated rings. The van der Waals surface area contributed by atoms with Gasteiger partial charge in [-0.3, -0.25) is 4.79 Å². The number of fused-ring (bicyclic) bond motifs is 8. The molecule has 0 saturated carbocycles. The molecule has 279 valence electrons. The smallest absolute Gasteiger partial charge is 0.155 e. The van der Waals surface area contributed by atoms with Gasteiger partial charge in [0.1, 0.15) is 0 Å². The number of rotatable bonds is 5. The zero-order valence-electron chi connectivity index (χ0n) is 30.7. The van der Waals surface area contributed by atoms with Crippen molar-refractivity contribution in [3.05, 3.63) is 180 Å². The average Bonchev–Trinajstić information content (AvgIpc) is 4.04. The van der Waals surface area contributed by atoms with Crippen LogP contribution in [0.5, 0.6) is 0 Å². The summed E-state index contributed by atoms with van der Waals surface area (Å²) in [5.74, 6) is -0.0625. The molecule has 7 heteroatoms. The summed E-state index contributed by atoms with van der Waals surface area (Å²) in [5, 5.41) is 8.36. The second-order valence-corrected chi connectivity index (χ2v) is 13.2. The maximum absolute atomic E-state index is 10.0. The van der Waals surface area contributed by atoms with Crippen molar-refractivity contribution in [2.24, 2.45) is 0 Å². The minimum absolute atomic E-state index is 0. The molecule has 0 unspecified atom stereocenters. The van der Waals surface area contributed by atoms with E-state index in [4.69, 9.17) is 25.0 Å². The standard InChI is InChI=1S/C44H28N4.C5H8O2.Tm/c1-5-13-29(14-6-1)41-33-21-23-35(45-33)42(30-15-7-2-8-16-30)37-25-27-39(47-37)44(32-19-11-4-12-20-32)40-28-26-38(48-40)43(31-17-9-3-10-18-31)36-24-22-34(41)46-36;1-4(6)3-5(2)7;/h1-28H;3,6H,1-2H3;/q-2;;/b;4-3-;. The normalized spacial score (nSPS) is 11.7. The summed E-state index contributed by atoms with van der Waals surface area (Å²) in [6.45, 7) is 2.85. The van der Waals surface area contributed by atoms with Crippen molar-refractivity contribution in [1.29, 1.82) is 0 Å². The summed E-state index contributed by atoms with van der Waals surface area (Å²) in [7, 11) is 0. The first-order chi connectivity index (χ1) is 26.9. The van der Waals surface area contributed by atoms with Crippen molar-refractivity contribution < 1.29 is 46.8 Å². The Morgan fingerprint density at radius 1 is 0.446 bits per heavy atom. The Morgan fingerprint density at radius 3 is 0.893 bits per heavy atom. The monoisotopic (exact) mass is 881 g/mol. The molecule has 0 saturated heterocycles. The molecule has 0 amide bonds. The third kappa shape index (κ3) is 8.13. The fourth-order valence-electron chi connectivity index (χ4n) is 6.98. The molecule has 3 aromatic heterocycles. The number of benzene rings is 4. The zero-order valence-corrected chi connectivity index (χ0v) is 32.4. The van der Waals surface area contributed by atoms with Crippen molar-refractivity contribution in [1.82, 2.24) is 19.9 Å². The molecule has 2 aliphatic heterocycles. The SMILES string of the molecule is C1=Cc2nc1c(-c1ccccc1)c1ccc([n-]1)c(-c1ccccc1)c1nc(c(-c3ccccc3)c3ccc([n-]3)c2-c2ccccc2)C=C1.CC(=O)/C=C(/C)O.[Tm]. The van der Waals surface area contributed by atoms with E-state index in [2.05, 4.69) is 146 Å². The zero-order chi connectivity index (χ0) is 37.7. The van der Waals surface area contributed by atoms with Crippen LogP contribution < -0.4 is 9.97 Å². The number of aliphatic hydroxyl groups excluding tert-OH is 1. The molecule has 2 aliphatic rings. The van der Waals surface area contributed by atoms with E-state index in [1.807, 2.05) is 24.3 Å². The quantitative estimate of drug-likeness (QED) is 0.137. The molecular weight excluding hydrogens is 845 g/mol. The van der Waals surface area contributed by atoms with E-state index < -0.39 is 0 Å². The Bertz CT molecular complexity index is 2430. The van der Waals surface area contributed by atoms with Gasteiger partial charge in [-0.2, -0.15) is 0 Å². The molecule has 9 rings (SSSR count). The molecule has 6 nitrogen and oxygen atoms in total. The number of aliphatic hydroxyl groups is 1. The molecule has 1 radical (unpaired) electrons. The van der Waals surface area contributed by atoms with E-state index >= 15 is 0 Å². The van der Waals surface area contributed by atoms with E-state index in [1.54, 1.807) is 0 Å². The Labute approximate surface area is 354 Å². The number of aromatic nitrogens is 4. The summed E-state index contributed by atoms with van der Waals surface area (Å²) >= 11 is 0. The minimum Gasteiger partial charge on any atom is -0.657 e. The van der Waals surface area contributed by atoms with Crippen LogP contribution in [0.2, 0.25) is 0 Å². The topological polar surface area (TPSA) is 91.3 Å². The summed E-state index contributed by atoms with van der Waals surface area (Å²) < 4.78 is 0. The number of carbonyl (C=O) groups is 1. The fourth-order valence-corrected chi connectivity index (χ4v) is 6.98. The van der Waals surface area contributed by atoms with Gasteiger partial charge in [0.05, 0.1) is 28.5 Å². The molecule has 5 heterocycles. The van der Waals surface area contributed by atoms with Crippen LogP contribution in [-0.2, 0) is 4.79 Å². The second-order valence-electron chi connectivity index (χ2n) is 13.2. The van der Waals surface area contributed by atoms with Gasteiger partial charge in [0, 0.05) is 43.0 Å². The Kier molecular flexibility index (Phi) is 11.7. The Hall–Kier alpha value is -6.08. The van der Waals surface area contributed by atoms with Crippen molar-refractivity contribution in [2.45, 2.75) is 13.8 Å². The van der Waals surface area contributed by atoms with Crippen molar-refractivity contribution in [3.63, 3.8) is 0 Å². The number of hydrogen-bond acceptors (Lipinski definition) is 4. The van der Waals surface area contributed by atoms with Gasteiger partial charge in [0.25, 0.3) is 0 Å². The van der Waals surface area contributed by atoms with E-state index in [1.165, 1.54) is 19.9 Å². The first kappa shape index (κ1) is 38.2. The summed E-state index contributed by atoms with van der Waals surface area (Å²) in [6.07, 6.45) is 9.57. The summed E-state index contributed by atoms with van der Waals surface area (Å²) in [6, 6.07) is 50.0. The van der Waals surface area contributed by atoms with Gasteiger partial charge < -0.3 is 15.1 Å². The third-order valence-corrected chi connectivity index (χ3v) is 9.27. The van der Waals surface area contributed by atoms with Gasteiger partial charge in [-0.05, 0) is 82.7 Å². The van der Waals surface area contributed by atoms with Gasteiger partial charge in [-0.25, -0.2) is 9.97 Å². The predicted octanol–water partition coefficient (Wildman–Crippen LogP) is 11.6. The number of carbonyl (C=O) groups excluding carboxylic acids is 1. The summed E-state index contributed by atoms with van der Waals surface area (Å²) in [4.78, 5) is 31.3. The van der Waals surface area contributed by atoms with Crippen LogP contribution in [0.3, 0.4) is 0 Å². The molecule has 1 N–H and O–H groups in total. The largest absolute Gasteiger partial charge is 0.657 e. The van der Waals surface area contributed by atoms with Crippen molar-refractivity contribution in [3.8, 4) is 44.5 Å². The van der Waals surface area contributed by atoms with Crippen LogP contribution in [0.15, 0.2) is 157 Å². The van der Waals surface area contributed by atoms with Gasteiger partial charge in [-0.15, -0.1) is 22.1 Å². The van der Waals surface area contributed by atoms with Crippen molar-refractivity contribution >= 4 is 52.2 Å². The van der Waals surface area contributed by atoms with Crippen LogP contribution in [-0.4, -0.2) is 20.9 Å². The van der Waals surface area contributed by atoms with E-state index in [0.717, 1.165) is 89.4 Å². The molecule has 0 spiro atoms. The van der Waals surface area contributed by atoms with E-state index in [0.29, 0.717) is 0 Å². The van der Waals surface area contributed by atoms with Crippen LogP contribution in [0, 0.1) is 36.9 Å². The fraction of sp³-hybridized carbons (Fsp3) is 0.0408.